The lowest BCUT2D eigenvalue weighted by Crippen LogP contribution is -2.37. The lowest BCUT2D eigenvalue weighted by molar-refractivity contribution is -0.152. The molecular formula is C19H25N3O4S. The van der Waals surface area contributed by atoms with Gasteiger partial charge in [-0.2, -0.15) is 0 Å². The van der Waals surface area contributed by atoms with E-state index in [1.54, 1.807) is 35.4 Å². The Morgan fingerprint density at radius 1 is 1.26 bits per heavy atom. The van der Waals surface area contributed by atoms with Crippen molar-refractivity contribution in [1.82, 2.24) is 4.98 Å². The number of carbonyl (C=O) groups is 2. The molecule has 0 spiro atoms. The number of amides is 2. The number of unbranched alkanes of at least 4 members (excludes halogenated alkanes) is 2. The zero-order valence-electron chi connectivity index (χ0n) is 15.8. The quantitative estimate of drug-likeness (QED) is 0.609. The van der Waals surface area contributed by atoms with Crippen molar-refractivity contribution in [2.75, 3.05) is 16.8 Å². The second-order valence-corrected chi connectivity index (χ2v) is 7.42. The Hall–Kier alpha value is -2.61. The summed E-state index contributed by atoms with van der Waals surface area (Å²) < 4.78 is 5.46. The summed E-state index contributed by atoms with van der Waals surface area (Å²) >= 11 is 1.42. The van der Waals surface area contributed by atoms with Crippen LogP contribution in [-0.2, 0) is 4.79 Å². The van der Waals surface area contributed by atoms with E-state index in [1.165, 1.54) is 25.2 Å². The summed E-state index contributed by atoms with van der Waals surface area (Å²) in [6, 6.07) is 6.37. The van der Waals surface area contributed by atoms with Gasteiger partial charge in [-0.05, 0) is 44.5 Å². The largest absolute Gasteiger partial charge is 0.478 e. The Morgan fingerprint density at radius 3 is 2.52 bits per heavy atom. The normalized spacial score (nSPS) is 11.1. The van der Waals surface area contributed by atoms with Crippen molar-refractivity contribution < 1.29 is 19.4 Å². The van der Waals surface area contributed by atoms with Crippen molar-refractivity contribution >= 4 is 34.2 Å². The van der Waals surface area contributed by atoms with Gasteiger partial charge in [-0.15, -0.1) is 11.3 Å². The fourth-order valence-electron chi connectivity index (χ4n) is 2.29. The minimum absolute atomic E-state index is 0.249. The molecule has 2 rings (SSSR count). The molecule has 0 unspecified atom stereocenters. The van der Waals surface area contributed by atoms with E-state index in [0.29, 0.717) is 23.1 Å². The lowest BCUT2D eigenvalue weighted by atomic mass is 10.1. The molecular weight excluding hydrogens is 366 g/mol. The van der Waals surface area contributed by atoms with E-state index in [1.807, 2.05) is 5.38 Å². The van der Waals surface area contributed by atoms with Crippen LogP contribution in [0.2, 0.25) is 0 Å². The molecule has 0 saturated carbocycles. The smallest absolute Gasteiger partial charge is 0.347 e. The number of anilines is 2. The number of ether oxygens (including phenoxy) is 1. The van der Waals surface area contributed by atoms with Crippen LogP contribution in [0.15, 0.2) is 35.8 Å². The Morgan fingerprint density at radius 2 is 1.96 bits per heavy atom. The minimum Gasteiger partial charge on any atom is -0.478 e. The van der Waals surface area contributed by atoms with Crippen LogP contribution >= 0.6 is 11.3 Å². The van der Waals surface area contributed by atoms with Gasteiger partial charge in [-0.25, -0.2) is 14.6 Å². The number of aliphatic carboxylic acids is 1. The topological polar surface area (TPSA) is 91.8 Å². The summed E-state index contributed by atoms with van der Waals surface area (Å²) in [5.74, 6) is -0.633. The van der Waals surface area contributed by atoms with Gasteiger partial charge in [0.2, 0.25) is 0 Å². The summed E-state index contributed by atoms with van der Waals surface area (Å²) in [7, 11) is 0. The van der Waals surface area contributed by atoms with E-state index < -0.39 is 11.6 Å². The maximum Gasteiger partial charge on any atom is 0.347 e. The number of urea groups is 1. The number of benzene rings is 1. The maximum atomic E-state index is 12.7. The van der Waals surface area contributed by atoms with Crippen molar-refractivity contribution in [3.8, 4) is 5.75 Å². The third-order valence-electron chi connectivity index (χ3n) is 3.87. The fraction of sp³-hybridized carbons (Fsp3) is 0.421. The Kier molecular flexibility index (Phi) is 7.18. The molecule has 146 valence electrons. The molecule has 7 nitrogen and oxygen atoms in total. The highest BCUT2D eigenvalue weighted by Crippen LogP contribution is 2.23. The number of hydrogen-bond acceptors (Lipinski definition) is 5. The van der Waals surface area contributed by atoms with Crippen LogP contribution in [0.1, 0.15) is 40.0 Å². The first-order valence-corrected chi connectivity index (χ1v) is 9.72. The number of thiazole rings is 1. The third kappa shape index (κ3) is 5.96. The molecule has 27 heavy (non-hydrogen) atoms. The highest BCUT2D eigenvalue weighted by molar-refractivity contribution is 7.13. The van der Waals surface area contributed by atoms with Crippen LogP contribution in [-0.4, -0.2) is 34.2 Å². The maximum absolute atomic E-state index is 12.7. The zero-order chi connectivity index (χ0) is 19.9. The summed E-state index contributed by atoms with van der Waals surface area (Å²) in [5.41, 5.74) is -0.733. The number of nitrogens with zero attached hydrogens (tertiary/aromatic N) is 2. The number of carboxylic acids is 1. The molecule has 2 aromatic rings. The van der Waals surface area contributed by atoms with Crippen molar-refractivity contribution in [2.45, 2.75) is 45.6 Å². The number of carboxylic acid groups (broad SMARTS) is 1. The molecule has 0 bridgehead atoms. The zero-order valence-corrected chi connectivity index (χ0v) is 16.6. The molecule has 2 amide bonds. The molecule has 8 heteroatoms. The van der Waals surface area contributed by atoms with Crippen LogP contribution in [0.25, 0.3) is 0 Å². The van der Waals surface area contributed by atoms with Gasteiger partial charge in [-0.3, -0.25) is 4.90 Å². The second-order valence-electron chi connectivity index (χ2n) is 6.55. The van der Waals surface area contributed by atoms with E-state index in [9.17, 15) is 9.59 Å². The van der Waals surface area contributed by atoms with Gasteiger partial charge < -0.3 is 15.2 Å². The SMILES string of the molecule is CCCCCN(C(=O)Nc1ccc(OC(C)(C)C(=O)O)cc1)c1nccs1. The van der Waals surface area contributed by atoms with E-state index in [0.717, 1.165) is 19.3 Å². The highest BCUT2D eigenvalue weighted by atomic mass is 32.1. The number of nitrogens with one attached hydrogen (secondary N) is 1. The first-order valence-electron chi connectivity index (χ1n) is 8.84. The molecule has 0 atom stereocenters. The summed E-state index contributed by atoms with van der Waals surface area (Å²) in [6.45, 7) is 5.67. The van der Waals surface area contributed by atoms with E-state index in [-0.39, 0.29) is 6.03 Å². The molecule has 0 aliphatic carbocycles. The highest BCUT2D eigenvalue weighted by Gasteiger charge is 2.29. The molecule has 1 heterocycles. The monoisotopic (exact) mass is 391 g/mol. The summed E-state index contributed by atoms with van der Waals surface area (Å²) in [6.07, 6.45) is 4.69. The van der Waals surface area contributed by atoms with Crippen LogP contribution < -0.4 is 15.0 Å². The first-order chi connectivity index (χ1) is 12.8. The predicted octanol–water partition coefficient (Wildman–Crippen LogP) is 4.61. The van der Waals surface area contributed by atoms with Crippen LogP contribution in [0, 0.1) is 0 Å². The number of carbonyl (C=O) groups excluding carboxylic acids is 1. The van der Waals surface area contributed by atoms with Gasteiger partial charge >= 0.3 is 12.0 Å². The average molecular weight is 391 g/mol. The summed E-state index contributed by atoms with van der Waals surface area (Å²) in [4.78, 5) is 29.7. The molecule has 0 aliphatic rings. The van der Waals surface area contributed by atoms with Crippen LogP contribution in [0.4, 0.5) is 15.6 Å². The third-order valence-corrected chi connectivity index (χ3v) is 4.67. The van der Waals surface area contributed by atoms with Gasteiger partial charge in [0, 0.05) is 23.8 Å². The van der Waals surface area contributed by atoms with Crippen molar-refractivity contribution in [2.24, 2.45) is 0 Å². The van der Waals surface area contributed by atoms with Crippen molar-refractivity contribution in [3.63, 3.8) is 0 Å². The first kappa shape index (κ1) is 20.7. The molecule has 2 N–H and O–H groups in total. The Bertz CT molecular complexity index is 745. The van der Waals surface area contributed by atoms with Crippen molar-refractivity contribution in [3.05, 3.63) is 35.8 Å². The van der Waals surface area contributed by atoms with E-state index in [4.69, 9.17) is 9.84 Å². The van der Waals surface area contributed by atoms with Crippen LogP contribution in [0.3, 0.4) is 0 Å². The second kappa shape index (κ2) is 9.36. The van der Waals surface area contributed by atoms with Gasteiger partial charge in [-0.1, -0.05) is 19.8 Å². The van der Waals surface area contributed by atoms with Crippen molar-refractivity contribution in [1.29, 1.82) is 0 Å². The Labute approximate surface area is 163 Å². The summed E-state index contributed by atoms with van der Waals surface area (Å²) in [5, 5.41) is 14.5. The standard InChI is InChI=1S/C19H25N3O4S/c1-4-5-6-12-22(18-20-11-13-27-18)17(25)21-14-7-9-15(10-8-14)26-19(2,3)16(23)24/h7-11,13H,4-6,12H2,1-3H3,(H,21,25)(H,23,24). The van der Waals surface area contributed by atoms with E-state index >= 15 is 0 Å². The lowest BCUT2D eigenvalue weighted by Gasteiger charge is -2.22. The molecule has 0 saturated heterocycles. The number of rotatable bonds is 9. The average Bonchev–Trinajstić information content (AvgIpc) is 3.14. The molecule has 0 radical (unpaired) electrons. The fourth-order valence-corrected chi connectivity index (χ4v) is 2.96. The molecule has 0 aliphatic heterocycles. The Balaban J connectivity index is 2.03. The van der Waals surface area contributed by atoms with Gasteiger partial charge in [0.1, 0.15) is 5.75 Å². The number of aromatic nitrogens is 1. The molecule has 0 fully saturated rings. The minimum atomic E-state index is -1.33. The molecule has 1 aromatic carbocycles. The van der Waals surface area contributed by atoms with Gasteiger partial charge in [0.05, 0.1) is 0 Å². The number of hydrogen-bond donors (Lipinski definition) is 2. The predicted molar refractivity (Wildman–Crippen MR) is 107 cm³/mol. The van der Waals surface area contributed by atoms with E-state index in [2.05, 4.69) is 17.2 Å². The van der Waals surface area contributed by atoms with Gasteiger partial charge in [0.15, 0.2) is 10.7 Å². The van der Waals surface area contributed by atoms with Crippen LogP contribution in [0.5, 0.6) is 5.75 Å². The van der Waals surface area contributed by atoms with Gasteiger partial charge in [0.25, 0.3) is 0 Å². The molecule has 1 aromatic heterocycles.